The molecule has 0 aliphatic heterocycles. The van der Waals surface area contributed by atoms with Gasteiger partial charge in [0, 0.05) is 31.0 Å². The van der Waals surface area contributed by atoms with Gasteiger partial charge in [-0.2, -0.15) is 0 Å². The maximum Gasteiger partial charge on any atom is 0.252 e. The van der Waals surface area contributed by atoms with Crippen molar-refractivity contribution < 1.29 is 9.59 Å². The van der Waals surface area contributed by atoms with Gasteiger partial charge in [-0.15, -0.1) is 11.8 Å². The molecule has 1 aliphatic rings. The van der Waals surface area contributed by atoms with Crippen molar-refractivity contribution in [3.63, 3.8) is 0 Å². The molecule has 0 aromatic heterocycles. The van der Waals surface area contributed by atoms with Gasteiger partial charge in [-0.1, -0.05) is 42.5 Å². The zero-order valence-corrected chi connectivity index (χ0v) is 16.0. The minimum Gasteiger partial charge on any atom is -0.351 e. The van der Waals surface area contributed by atoms with Crippen LogP contribution in [0, 0.1) is 0 Å². The molecule has 136 valence electrons. The largest absolute Gasteiger partial charge is 0.351 e. The van der Waals surface area contributed by atoms with Crippen molar-refractivity contribution in [2.45, 2.75) is 23.2 Å². The number of amides is 2. The van der Waals surface area contributed by atoms with Gasteiger partial charge in [-0.3, -0.25) is 9.59 Å². The molecule has 1 saturated carbocycles. The lowest BCUT2D eigenvalue weighted by Crippen LogP contribution is -2.32. The molecule has 0 saturated heterocycles. The van der Waals surface area contributed by atoms with E-state index in [4.69, 9.17) is 0 Å². The van der Waals surface area contributed by atoms with Crippen molar-refractivity contribution in [2.24, 2.45) is 0 Å². The number of nitrogens with one attached hydrogen (secondary N) is 1. The second-order valence-electron chi connectivity index (χ2n) is 6.90. The van der Waals surface area contributed by atoms with Gasteiger partial charge in [0.15, 0.2) is 0 Å². The Bertz CT molecular complexity index is 786. The second kappa shape index (κ2) is 7.96. The van der Waals surface area contributed by atoms with Gasteiger partial charge in [0.05, 0.1) is 11.3 Å². The summed E-state index contributed by atoms with van der Waals surface area (Å²) >= 11 is 1.41. The molecule has 1 fully saturated rings. The van der Waals surface area contributed by atoms with E-state index in [2.05, 4.69) is 17.4 Å². The van der Waals surface area contributed by atoms with Crippen LogP contribution in [0.4, 0.5) is 0 Å². The van der Waals surface area contributed by atoms with Crippen molar-refractivity contribution in [1.82, 2.24) is 10.2 Å². The van der Waals surface area contributed by atoms with Crippen molar-refractivity contribution in [1.29, 1.82) is 0 Å². The summed E-state index contributed by atoms with van der Waals surface area (Å²) < 4.78 is 0. The van der Waals surface area contributed by atoms with Gasteiger partial charge in [0.1, 0.15) is 0 Å². The quantitative estimate of drug-likeness (QED) is 0.763. The molecule has 1 N–H and O–H groups in total. The van der Waals surface area contributed by atoms with E-state index in [-0.39, 0.29) is 17.2 Å². The fraction of sp³-hybridized carbons (Fsp3) is 0.333. The van der Waals surface area contributed by atoms with Crippen LogP contribution in [0.3, 0.4) is 0 Å². The summed E-state index contributed by atoms with van der Waals surface area (Å²) in [6, 6.07) is 17.8. The van der Waals surface area contributed by atoms with Crippen LogP contribution in [-0.4, -0.2) is 43.1 Å². The molecule has 0 unspecified atom stereocenters. The molecule has 2 aromatic rings. The van der Waals surface area contributed by atoms with E-state index in [0.717, 1.165) is 17.7 Å². The zero-order chi connectivity index (χ0) is 18.6. The van der Waals surface area contributed by atoms with E-state index in [1.165, 1.54) is 17.3 Å². The van der Waals surface area contributed by atoms with Crippen LogP contribution in [0.5, 0.6) is 0 Å². The lowest BCUT2D eigenvalue weighted by atomic mass is 9.96. The minimum atomic E-state index is -0.0763. The summed E-state index contributed by atoms with van der Waals surface area (Å²) in [4.78, 5) is 27.0. The van der Waals surface area contributed by atoms with Gasteiger partial charge < -0.3 is 10.2 Å². The Morgan fingerprint density at radius 3 is 2.35 bits per heavy atom. The number of rotatable bonds is 7. The molecule has 0 atom stereocenters. The fourth-order valence-electron chi connectivity index (χ4n) is 2.90. The number of carbonyl (C=O) groups is 2. The minimum absolute atomic E-state index is 0.0335. The van der Waals surface area contributed by atoms with E-state index >= 15 is 0 Å². The molecule has 26 heavy (non-hydrogen) atoms. The standard InChI is InChI=1S/C21H24N2O2S/c1-23(2)19(24)14-26-18-11-7-6-10-17(18)20(25)22-15-21(12-13-21)16-8-4-3-5-9-16/h3-11H,12-15H2,1-2H3,(H,22,25). The average Bonchev–Trinajstić information content (AvgIpc) is 3.46. The monoisotopic (exact) mass is 368 g/mol. The average molecular weight is 369 g/mol. The number of nitrogens with zero attached hydrogens (tertiary/aromatic N) is 1. The molecule has 0 bridgehead atoms. The first kappa shape index (κ1) is 18.5. The topological polar surface area (TPSA) is 49.4 Å². The molecule has 2 amide bonds. The van der Waals surface area contributed by atoms with Crippen molar-refractivity contribution in [3.05, 3.63) is 65.7 Å². The van der Waals surface area contributed by atoms with Crippen molar-refractivity contribution in [2.75, 3.05) is 26.4 Å². The van der Waals surface area contributed by atoms with Gasteiger partial charge in [-0.05, 0) is 30.5 Å². The van der Waals surface area contributed by atoms with Gasteiger partial charge in [0.25, 0.3) is 5.91 Å². The smallest absolute Gasteiger partial charge is 0.252 e. The Hall–Kier alpha value is -2.27. The summed E-state index contributed by atoms with van der Waals surface area (Å²) in [6.07, 6.45) is 2.20. The number of carbonyl (C=O) groups excluding carboxylic acids is 2. The zero-order valence-electron chi connectivity index (χ0n) is 15.2. The van der Waals surface area contributed by atoms with E-state index in [9.17, 15) is 9.59 Å². The Morgan fingerprint density at radius 2 is 1.69 bits per heavy atom. The van der Waals surface area contributed by atoms with Gasteiger partial charge in [-0.25, -0.2) is 0 Å². The number of hydrogen-bond acceptors (Lipinski definition) is 3. The summed E-state index contributed by atoms with van der Waals surface area (Å²) in [6.45, 7) is 0.644. The molecule has 5 heteroatoms. The Kier molecular flexibility index (Phi) is 5.67. The number of thioether (sulfide) groups is 1. The third-order valence-corrected chi connectivity index (χ3v) is 5.87. The van der Waals surface area contributed by atoms with E-state index in [1.807, 2.05) is 42.5 Å². The van der Waals surface area contributed by atoms with Crippen LogP contribution < -0.4 is 5.32 Å². The Labute approximate surface area is 159 Å². The molecule has 4 nitrogen and oxygen atoms in total. The van der Waals surface area contributed by atoms with Crippen LogP contribution in [0.25, 0.3) is 0 Å². The third kappa shape index (κ3) is 4.28. The molecule has 0 spiro atoms. The SMILES string of the molecule is CN(C)C(=O)CSc1ccccc1C(=O)NCC1(c2ccccc2)CC1. The third-order valence-electron chi connectivity index (χ3n) is 4.81. The first-order valence-corrected chi connectivity index (χ1v) is 9.76. The highest BCUT2D eigenvalue weighted by molar-refractivity contribution is 8.00. The van der Waals surface area contributed by atoms with Crippen molar-refractivity contribution in [3.8, 4) is 0 Å². The first-order chi connectivity index (χ1) is 12.5. The normalized spacial score (nSPS) is 14.5. The molecular formula is C21H24N2O2S. The fourth-order valence-corrected chi connectivity index (χ4v) is 3.93. The van der Waals surface area contributed by atoms with Crippen LogP contribution in [0.1, 0.15) is 28.8 Å². The molecule has 0 radical (unpaired) electrons. The van der Waals surface area contributed by atoms with Crippen molar-refractivity contribution >= 4 is 23.6 Å². The van der Waals surface area contributed by atoms with Gasteiger partial charge in [0.2, 0.25) is 5.91 Å². The highest BCUT2D eigenvalue weighted by Gasteiger charge is 2.44. The maximum absolute atomic E-state index is 12.7. The Morgan fingerprint density at radius 1 is 1.04 bits per heavy atom. The maximum atomic E-state index is 12.7. The van der Waals surface area contributed by atoms with E-state index < -0.39 is 0 Å². The lowest BCUT2D eigenvalue weighted by Gasteiger charge is -2.17. The number of hydrogen-bond donors (Lipinski definition) is 1. The summed E-state index contributed by atoms with van der Waals surface area (Å²) in [5.74, 6) is 0.282. The summed E-state index contributed by atoms with van der Waals surface area (Å²) in [7, 11) is 3.47. The molecule has 2 aromatic carbocycles. The molecule has 0 heterocycles. The number of benzene rings is 2. The molecule has 3 rings (SSSR count). The summed E-state index contributed by atoms with van der Waals surface area (Å²) in [5.41, 5.74) is 2.01. The molecular weight excluding hydrogens is 344 g/mol. The van der Waals surface area contributed by atoms with E-state index in [0.29, 0.717) is 17.9 Å². The Balaban J connectivity index is 1.64. The van der Waals surface area contributed by atoms with E-state index in [1.54, 1.807) is 19.0 Å². The summed E-state index contributed by atoms with van der Waals surface area (Å²) in [5, 5.41) is 3.10. The van der Waals surface area contributed by atoms with Crippen LogP contribution >= 0.6 is 11.8 Å². The highest BCUT2D eigenvalue weighted by Crippen LogP contribution is 2.47. The predicted molar refractivity (Wildman–Crippen MR) is 106 cm³/mol. The van der Waals surface area contributed by atoms with Crippen LogP contribution in [0.2, 0.25) is 0 Å². The first-order valence-electron chi connectivity index (χ1n) is 8.77. The van der Waals surface area contributed by atoms with Crippen LogP contribution in [0.15, 0.2) is 59.5 Å². The highest BCUT2D eigenvalue weighted by atomic mass is 32.2. The lowest BCUT2D eigenvalue weighted by molar-refractivity contribution is -0.125. The second-order valence-corrected chi connectivity index (χ2v) is 7.92. The molecule has 1 aliphatic carbocycles. The predicted octanol–water partition coefficient (Wildman–Crippen LogP) is 3.33. The van der Waals surface area contributed by atoms with Crippen LogP contribution in [-0.2, 0) is 10.2 Å². The van der Waals surface area contributed by atoms with Gasteiger partial charge >= 0.3 is 0 Å².